The minimum atomic E-state index is -5.27. The number of hydrogen-bond acceptors (Lipinski definition) is 5. The fourth-order valence-corrected chi connectivity index (χ4v) is 5.66. The van der Waals surface area contributed by atoms with Gasteiger partial charge in [0.1, 0.15) is 17.7 Å². The van der Waals surface area contributed by atoms with Gasteiger partial charge in [-0.15, -0.1) is 0 Å². The van der Waals surface area contributed by atoms with Crippen LogP contribution in [0, 0.1) is 17.8 Å². The Morgan fingerprint density at radius 3 is 2.36 bits per heavy atom. The van der Waals surface area contributed by atoms with Gasteiger partial charge in [-0.05, 0) is 60.9 Å². The molecule has 2 bridgehead atoms. The molecule has 2 N–H and O–H groups in total. The van der Waals surface area contributed by atoms with Crippen molar-refractivity contribution in [3.8, 4) is 5.75 Å². The van der Waals surface area contributed by atoms with Gasteiger partial charge in [0.15, 0.2) is 0 Å². The number of rotatable bonds is 3. The topological polar surface area (TPSA) is 55.4 Å². The van der Waals surface area contributed by atoms with E-state index in [-0.39, 0.29) is 23.5 Å². The first kappa shape index (κ1) is 25.0. The average molecular weight is 515 g/mol. The quantitative estimate of drug-likeness (QED) is 0.435. The molecule has 0 amide bonds. The van der Waals surface area contributed by atoms with Crippen molar-refractivity contribution in [1.29, 1.82) is 0 Å². The van der Waals surface area contributed by atoms with Crippen molar-refractivity contribution in [1.82, 2.24) is 4.98 Å². The SMILES string of the molecule is CC(C)[C@@H]1CC[C@@H](C)C[C@H]1Oc1ccc2c(c1)C1(C(F)(F)F)Nc3ncccc3C(C(F)(F)F)(N2)O1. The third-order valence-electron chi connectivity index (χ3n) is 7.52. The van der Waals surface area contributed by atoms with Crippen LogP contribution in [0.15, 0.2) is 36.5 Å². The normalized spacial score (nSPS) is 31.7. The van der Waals surface area contributed by atoms with Gasteiger partial charge in [0.2, 0.25) is 0 Å². The van der Waals surface area contributed by atoms with Crippen molar-refractivity contribution in [2.24, 2.45) is 17.8 Å². The molecule has 196 valence electrons. The Bertz CT molecular complexity index is 1150. The summed E-state index contributed by atoms with van der Waals surface area (Å²) in [6.07, 6.45) is -6.89. The minimum absolute atomic E-state index is 0.139. The van der Waals surface area contributed by atoms with Gasteiger partial charge in [-0.2, -0.15) is 26.3 Å². The van der Waals surface area contributed by atoms with Crippen LogP contribution in [-0.2, 0) is 16.2 Å². The average Bonchev–Trinajstić information content (AvgIpc) is 2.78. The number of alkyl halides is 6. The molecule has 5 nitrogen and oxygen atoms in total. The molecule has 2 aromatic rings. The summed E-state index contributed by atoms with van der Waals surface area (Å²) in [5, 5.41) is 4.36. The van der Waals surface area contributed by atoms with Crippen LogP contribution in [0.2, 0.25) is 0 Å². The smallest absolute Gasteiger partial charge is 0.441 e. The number of halogens is 6. The zero-order valence-electron chi connectivity index (χ0n) is 19.9. The second-order valence-corrected chi connectivity index (χ2v) is 10.3. The van der Waals surface area contributed by atoms with Crippen molar-refractivity contribution < 1.29 is 35.8 Å². The molecule has 0 spiro atoms. The molecule has 5 rings (SSSR count). The largest absolute Gasteiger partial charge is 0.490 e. The molecular weight excluding hydrogens is 488 g/mol. The predicted molar refractivity (Wildman–Crippen MR) is 120 cm³/mol. The van der Waals surface area contributed by atoms with Crippen molar-refractivity contribution in [3.63, 3.8) is 0 Å². The van der Waals surface area contributed by atoms with E-state index in [1.807, 2.05) is 0 Å². The molecule has 3 heterocycles. The van der Waals surface area contributed by atoms with E-state index < -0.39 is 40.7 Å². The van der Waals surface area contributed by atoms with Gasteiger partial charge in [-0.3, -0.25) is 0 Å². The summed E-state index contributed by atoms with van der Waals surface area (Å²) in [5.41, 5.74) is -8.44. The van der Waals surface area contributed by atoms with Crippen molar-refractivity contribution >= 4 is 11.5 Å². The first-order valence-corrected chi connectivity index (χ1v) is 11.9. The molecule has 1 fully saturated rings. The van der Waals surface area contributed by atoms with Gasteiger partial charge < -0.3 is 20.1 Å². The molecule has 0 saturated heterocycles. The van der Waals surface area contributed by atoms with Gasteiger partial charge in [0, 0.05) is 17.4 Å². The maximum Gasteiger partial charge on any atom is 0.441 e. The summed E-state index contributed by atoms with van der Waals surface area (Å²) in [5.74, 6) is 0.486. The number of ether oxygens (including phenoxy) is 2. The lowest BCUT2D eigenvalue weighted by molar-refractivity contribution is -0.369. The Balaban J connectivity index is 1.63. The van der Waals surface area contributed by atoms with Crippen LogP contribution in [0.3, 0.4) is 0 Å². The number of nitrogens with one attached hydrogen (secondary N) is 2. The third-order valence-corrected chi connectivity index (χ3v) is 7.52. The maximum atomic E-state index is 14.7. The Morgan fingerprint density at radius 1 is 1.00 bits per heavy atom. The van der Waals surface area contributed by atoms with Crippen molar-refractivity contribution in [2.75, 3.05) is 10.6 Å². The first-order valence-electron chi connectivity index (χ1n) is 11.9. The molecular formula is C25H27F6N3O2. The van der Waals surface area contributed by atoms with E-state index in [0.717, 1.165) is 37.6 Å². The summed E-state index contributed by atoms with van der Waals surface area (Å²) in [4.78, 5) is 3.78. The fourth-order valence-electron chi connectivity index (χ4n) is 5.66. The molecule has 5 atom stereocenters. The predicted octanol–water partition coefficient (Wildman–Crippen LogP) is 6.92. The first-order chi connectivity index (χ1) is 16.8. The van der Waals surface area contributed by atoms with Crippen LogP contribution in [0.5, 0.6) is 5.75 Å². The van der Waals surface area contributed by atoms with Gasteiger partial charge in [0.25, 0.3) is 11.4 Å². The van der Waals surface area contributed by atoms with E-state index in [1.54, 1.807) is 0 Å². The van der Waals surface area contributed by atoms with Crippen LogP contribution in [-0.4, -0.2) is 23.4 Å². The van der Waals surface area contributed by atoms with Gasteiger partial charge in [-0.25, -0.2) is 4.98 Å². The van der Waals surface area contributed by atoms with Crippen LogP contribution < -0.4 is 15.4 Å². The highest BCUT2D eigenvalue weighted by molar-refractivity contribution is 5.68. The fraction of sp³-hybridized carbons (Fsp3) is 0.560. The lowest BCUT2D eigenvalue weighted by atomic mass is 9.75. The molecule has 2 aliphatic heterocycles. The van der Waals surface area contributed by atoms with Crippen LogP contribution >= 0.6 is 0 Å². The van der Waals surface area contributed by atoms with Crippen LogP contribution in [0.4, 0.5) is 37.8 Å². The zero-order chi connectivity index (χ0) is 26.1. The molecule has 1 aliphatic carbocycles. The summed E-state index contributed by atoms with van der Waals surface area (Å²) in [6, 6.07) is 5.96. The molecule has 1 aromatic carbocycles. The highest BCUT2D eigenvalue weighted by Gasteiger charge is 2.74. The van der Waals surface area contributed by atoms with Crippen molar-refractivity contribution in [2.45, 2.75) is 69.9 Å². The molecule has 2 unspecified atom stereocenters. The lowest BCUT2D eigenvalue weighted by Gasteiger charge is -2.54. The third kappa shape index (κ3) is 3.69. The standard InChI is InChI=1S/C25H27F6N3O2/c1-13(2)16-8-6-14(3)11-20(16)35-15-7-9-19-18(12-15)23(25(29,30)31)34-21-17(5-4-10-32-21)22(33-19,36-23)24(26,27)28/h4-5,7,9-10,12-14,16,20,33H,6,8,11H2,1-3H3,(H,32,34)/t14-,16+,20-,22?,23?/m1/s1. The summed E-state index contributed by atoms with van der Waals surface area (Å²) in [7, 11) is 0. The molecule has 11 heteroatoms. The number of benzene rings is 1. The van der Waals surface area contributed by atoms with E-state index in [4.69, 9.17) is 9.47 Å². The number of aromatic nitrogens is 1. The Hall–Kier alpha value is -2.69. The van der Waals surface area contributed by atoms with E-state index in [2.05, 4.69) is 36.4 Å². The Morgan fingerprint density at radius 2 is 1.69 bits per heavy atom. The van der Waals surface area contributed by atoms with E-state index in [9.17, 15) is 26.3 Å². The summed E-state index contributed by atoms with van der Waals surface area (Å²) < 4.78 is 98.6. The van der Waals surface area contributed by atoms with Crippen molar-refractivity contribution in [3.05, 3.63) is 47.7 Å². The molecule has 1 aromatic heterocycles. The zero-order valence-corrected chi connectivity index (χ0v) is 19.9. The van der Waals surface area contributed by atoms with Gasteiger partial charge >= 0.3 is 12.4 Å². The minimum Gasteiger partial charge on any atom is -0.490 e. The number of pyridine rings is 1. The number of fused-ring (bicyclic) bond motifs is 6. The summed E-state index contributed by atoms with van der Waals surface area (Å²) in [6.45, 7) is 6.25. The lowest BCUT2D eigenvalue weighted by Crippen LogP contribution is -2.67. The molecule has 0 radical (unpaired) electrons. The second-order valence-electron chi connectivity index (χ2n) is 10.3. The Labute approximate surface area is 204 Å². The monoisotopic (exact) mass is 515 g/mol. The number of anilines is 2. The van der Waals surface area contributed by atoms with Crippen LogP contribution in [0.1, 0.15) is 51.2 Å². The highest BCUT2D eigenvalue weighted by atomic mass is 19.4. The Kier molecular flexibility index (Phi) is 5.66. The number of nitrogens with zero attached hydrogens (tertiary/aromatic N) is 1. The van der Waals surface area contributed by atoms with E-state index in [0.29, 0.717) is 11.8 Å². The van der Waals surface area contributed by atoms with Crippen LogP contribution in [0.25, 0.3) is 0 Å². The van der Waals surface area contributed by atoms with E-state index >= 15 is 0 Å². The highest BCUT2D eigenvalue weighted by Crippen LogP contribution is 2.61. The molecule has 1 saturated carbocycles. The van der Waals surface area contributed by atoms with E-state index in [1.165, 1.54) is 18.2 Å². The molecule has 36 heavy (non-hydrogen) atoms. The maximum absolute atomic E-state index is 14.7. The summed E-state index contributed by atoms with van der Waals surface area (Å²) >= 11 is 0. The number of hydrogen-bond donors (Lipinski definition) is 2. The van der Waals surface area contributed by atoms with Gasteiger partial charge in [-0.1, -0.05) is 27.2 Å². The second kappa shape index (κ2) is 8.16. The van der Waals surface area contributed by atoms with Gasteiger partial charge in [0.05, 0.1) is 5.56 Å². The molecule has 3 aliphatic rings.